The predicted octanol–water partition coefficient (Wildman–Crippen LogP) is 5.45. The molecule has 1 aromatic heterocycles. The fraction of sp³-hybridized carbons (Fsp3) is 0. The van der Waals surface area contributed by atoms with E-state index in [-0.39, 0.29) is 22.5 Å². The molecule has 0 atom stereocenters. The fourth-order valence-electron chi connectivity index (χ4n) is 2.43. The largest absolute Gasteiger partial charge is 0.383 e. The zero-order valence-electron chi connectivity index (χ0n) is 12.5. The van der Waals surface area contributed by atoms with Crippen LogP contribution in [-0.4, -0.2) is 4.98 Å². The Bertz CT molecular complexity index is 1030. The Hall–Kier alpha value is -2.68. The van der Waals surface area contributed by atoms with Gasteiger partial charge in [-0.25, -0.2) is 13.8 Å². The molecule has 7 heteroatoms. The molecule has 0 aliphatic heterocycles. The van der Waals surface area contributed by atoms with Gasteiger partial charge in [-0.05, 0) is 42.5 Å². The van der Waals surface area contributed by atoms with Gasteiger partial charge in [0.05, 0.1) is 10.7 Å². The van der Waals surface area contributed by atoms with E-state index in [1.54, 1.807) is 12.1 Å². The van der Waals surface area contributed by atoms with E-state index in [1.807, 2.05) is 6.07 Å². The molecule has 0 aliphatic rings. The first-order valence-corrected chi connectivity index (χ1v) is 7.77. The normalized spacial score (nSPS) is 10.5. The Balaban J connectivity index is 2.30. The van der Waals surface area contributed by atoms with Crippen LogP contribution in [0.15, 0.2) is 42.5 Å². The third-order valence-corrected chi connectivity index (χ3v) is 4.13. The van der Waals surface area contributed by atoms with Crippen molar-refractivity contribution in [1.82, 2.24) is 4.98 Å². The minimum absolute atomic E-state index is 0.0432. The summed E-state index contributed by atoms with van der Waals surface area (Å²) in [6.07, 6.45) is 0. The van der Waals surface area contributed by atoms with Gasteiger partial charge in [0.1, 0.15) is 29.1 Å². The number of benzene rings is 2. The van der Waals surface area contributed by atoms with Gasteiger partial charge in [0.2, 0.25) is 0 Å². The van der Waals surface area contributed by atoms with E-state index in [0.717, 1.165) is 18.2 Å². The zero-order valence-corrected chi connectivity index (χ0v) is 14.0. The highest BCUT2D eigenvalue weighted by Crippen LogP contribution is 2.36. The van der Waals surface area contributed by atoms with Crippen LogP contribution in [0.4, 0.5) is 14.6 Å². The van der Waals surface area contributed by atoms with Gasteiger partial charge >= 0.3 is 0 Å². The maximum Gasteiger partial charge on any atom is 0.142 e. The summed E-state index contributed by atoms with van der Waals surface area (Å²) in [6.45, 7) is 0. The van der Waals surface area contributed by atoms with Crippen LogP contribution >= 0.6 is 23.2 Å². The third kappa shape index (κ3) is 3.27. The second-order valence-electron chi connectivity index (χ2n) is 5.18. The number of anilines is 1. The molecule has 0 saturated heterocycles. The van der Waals surface area contributed by atoms with Crippen molar-refractivity contribution in [1.29, 1.82) is 5.26 Å². The Kier molecular flexibility index (Phi) is 4.58. The smallest absolute Gasteiger partial charge is 0.142 e. The van der Waals surface area contributed by atoms with Crippen molar-refractivity contribution in [3.63, 3.8) is 0 Å². The summed E-state index contributed by atoms with van der Waals surface area (Å²) in [5, 5.41) is 10.1. The molecule has 3 rings (SSSR count). The van der Waals surface area contributed by atoms with Crippen molar-refractivity contribution in [2.75, 3.05) is 5.73 Å². The number of hydrogen-bond donors (Lipinski definition) is 1. The number of nitriles is 1. The zero-order chi connectivity index (χ0) is 18.1. The van der Waals surface area contributed by atoms with Gasteiger partial charge in [-0.15, -0.1) is 0 Å². The summed E-state index contributed by atoms with van der Waals surface area (Å²) in [4.78, 5) is 4.15. The van der Waals surface area contributed by atoms with Crippen LogP contribution < -0.4 is 5.73 Å². The number of halogens is 4. The van der Waals surface area contributed by atoms with E-state index >= 15 is 0 Å². The summed E-state index contributed by atoms with van der Waals surface area (Å²) in [6, 6.07) is 11.1. The van der Waals surface area contributed by atoms with Gasteiger partial charge in [-0.3, -0.25) is 0 Å². The summed E-state index contributed by atoms with van der Waals surface area (Å²) < 4.78 is 27.8. The van der Waals surface area contributed by atoms with E-state index in [0.29, 0.717) is 21.3 Å². The number of hydrogen-bond acceptors (Lipinski definition) is 3. The number of nitrogen functional groups attached to an aromatic ring is 1. The molecule has 0 fully saturated rings. The highest BCUT2D eigenvalue weighted by Gasteiger charge is 2.18. The predicted molar refractivity (Wildman–Crippen MR) is 94.2 cm³/mol. The minimum Gasteiger partial charge on any atom is -0.383 e. The molecule has 1 heterocycles. The van der Waals surface area contributed by atoms with Crippen molar-refractivity contribution in [2.24, 2.45) is 0 Å². The lowest BCUT2D eigenvalue weighted by Gasteiger charge is -2.12. The van der Waals surface area contributed by atoms with Gasteiger partial charge in [0.25, 0.3) is 0 Å². The van der Waals surface area contributed by atoms with Crippen LogP contribution in [0.5, 0.6) is 0 Å². The SMILES string of the molecule is N#Cc1c(-c2cc(F)ccc2F)cc(-c2ccc(Cl)cc2Cl)nc1N. The van der Waals surface area contributed by atoms with Gasteiger partial charge in [-0.2, -0.15) is 5.26 Å². The lowest BCUT2D eigenvalue weighted by atomic mass is 9.98. The van der Waals surface area contributed by atoms with Crippen LogP contribution in [0.1, 0.15) is 5.56 Å². The van der Waals surface area contributed by atoms with Crippen LogP contribution in [-0.2, 0) is 0 Å². The Morgan fingerprint density at radius 3 is 2.40 bits per heavy atom. The molecule has 0 bridgehead atoms. The molecule has 0 amide bonds. The Morgan fingerprint density at radius 2 is 1.72 bits per heavy atom. The van der Waals surface area contributed by atoms with E-state index in [1.165, 1.54) is 12.1 Å². The molecule has 0 spiro atoms. The molecule has 124 valence electrons. The molecule has 2 N–H and O–H groups in total. The second-order valence-corrected chi connectivity index (χ2v) is 6.02. The molecular weight excluding hydrogens is 367 g/mol. The maximum atomic E-state index is 14.2. The molecule has 0 saturated carbocycles. The van der Waals surface area contributed by atoms with E-state index in [4.69, 9.17) is 28.9 Å². The standard InChI is InChI=1S/C18H9Cl2F2N3/c19-9-1-3-11(15(20)5-9)17-7-12(14(8-23)18(24)25-17)13-6-10(21)2-4-16(13)22/h1-7H,(H2,24,25). The highest BCUT2D eigenvalue weighted by atomic mass is 35.5. The molecule has 2 aromatic carbocycles. The molecule has 3 aromatic rings. The number of rotatable bonds is 2. The number of nitrogens with zero attached hydrogens (tertiary/aromatic N) is 2. The fourth-order valence-corrected chi connectivity index (χ4v) is 2.94. The van der Waals surface area contributed by atoms with E-state index in [9.17, 15) is 14.0 Å². The topological polar surface area (TPSA) is 62.7 Å². The van der Waals surface area contributed by atoms with Crippen LogP contribution in [0.3, 0.4) is 0 Å². The Labute approximate surface area is 152 Å². The van der Waals surface area contributed by atoms with Crippen molar-refractivity contribution >= 4 is 29.0 Å². The minimum atomic E-state index is -0.684. The Morgan fingerprint density at radius 1 is 0.960 bits per heavy atom. The first kappa shape index (κ1) is 17.2. The van der Waals surface area contributed by atoms with Crippen LogP contribution in [0, 0.1) is 23.0 Å². The van der Waals surface area contributed by atoms with Crippen LogP contribution in [0.2, 0.25) is 10.0 Å². The first-order valence-electron chi connectivity index (χ1n) is 7.02. The summed E-state index contributed by atoms with van der Waals surface area (Å²) in [5.74, 6) is -1.43. The highest BCUT2D eigenvalue weighted by molar-refractivity contribution is 6.36. The van der Waals surface area contributed by atoms with E-state index in [2.05, 4.69) is 4.98 Å². The number of nitrogens with two attached hydrogens (primary N) is 1. The van der Waals surface area contributed by atoms with Gasteiger partial charge < -0.3 is 5.73 Å². The van der Waals surface area contributed by atoms with Gasteiger partial charge in [0.15, 0.2) is 0 Å². The molecule has 3 nitrogen and oxygen atoms in total. The summed E-state index contributed by atoms with van der Waals surface area (Å²) >= 11 is 12.1. The second kappa shape index (κ2) is 6.67. The number of pyridine rings is 1. The monoisotopic (exact) mass is 375 g/mol. The molecule has 0 radical (unpaired) electrons. The average molecular weight is 376 g/mol. The average Bonchev–Trinajstić information content (AvgIpc) is 2.56. The number of aromatic nitrogens is 1. The first-order chi connectivity index (χ1) is 11.9. The summed E-state index contributed by atoms with van der Waals surface area (Å²) in [5.41, 5.74) is 6.68. The molecule has 0 unspecified atom stereocenters. The van der Waals surface area contributed by atoms with Gasteiger partial charge in [-0.1, -0.05) is 23.2 Å². The van der Waals surface area contributed by atoms with Crippen molar-refractivity contribution < 1.29 is 8.78 Å². The lowest BCUT2D eigenvalue weighted by molar-refractivity contribution is 0.603. The van der Waals surface area contributed by atoms with Crippen molar-refractivity contribution in [3.8, 4) is 28.5 Å². The molecule has 0 aliphatic carbocycles. The van der Waals surface area contributed by atoms with Crippen LogP contribution in [0.25, 0.3) is 22.4 Å². The third-order valence-electron chi connectivity index (χ3n) is 3.58. The quantitative estimate of drug-likeness (QED) is 0.647. The molecular formula is C18H9Cl2F2N3. The maximum absolute atomic E-state index is 14.2. The lowest BCUT2D eigenvalue weighted by Crippen LogP contribution is -2.01. The van der Waals surface area contributed by atoms with Crippen molar-refractivity contribution in [3.05, 3.63) is 69.7 Å². The molecule has 25 heavy (non-hydrogen) atoms. The summed E-state index contributed by atoms with van der Waals surface area (Å²) in [7, 11) is 0. The van der Waals surface area contributed by atoms with Gasteiger partial charge in [0, 0.05) is 21.7 Å². The van der Waals surface area contributed by atoms with E-state index < -0.39 is 11.6 Å². The van der Waals surface area contributed by atoms with Crippen molar-refractivity contribution in [2.45, 2.75) is 0 Å².